The number of nitrogens with zero attached hydrogens (tertiary/aromatic N) is 2. The van der Waals surface area contributed by atoms with E-state index in [2.05, 4.69) is 10.3 Å². The summed E-state index contributed by atoms with van der Waals surface area (Å²) in [6.07, 6.45) is 0. The van der Waals surface area contributed by atoms with Crippen molar-refractivity contribution in [3.8, 4) is 11.3 Å². The Bertz CT molecular complexity index is 656. The topological polar surface area (TPSA) is 65.5 Å². The van der Waals surface area contributed by atoms with E-state index >= 15 is 0 Å². The van der Waals surface area contributed by atoms with Gasteiger partial charge in [-0.15, -0.1) is 22.9 Å². The predicted molar refractivity (Wildman–Crippen MR) is 88.3 cm³/mol. The molecule has 1 amide bonds. The van der Waals surface area contributed by atoms with E-state index in [4.69, 9.17) is 11.6 Å². The number of carbonyl (C=O) groups is 1. The van der Waals surface area contributed by atoms with E-state index in [0.717, 1.165) is 16.4 Å². The highest BCUT2D eigenvalue weighted by Gasteiger charge is 2.43. The molecule has 0 atom stereocenters. The molecule has 0 spiro atoms. The van der Waals surface area contributed by atoms with E-state index in [0.29, 0.717) is 19.6 Å². The Morgan fingerprint density at radius 3 is 2.82 bits per heavy atom. The van der Waals surface area contributed by atoms with Crippen molar-refractivity contribution in [2.45, 2.75) is 5.60 Å². The number of β-amino-alcohol motifs (C(OH)–C–C–N with tert-alkyl or cyclic N) is 1. The van der Waals surface area contributed by atoms with E-state index in [1.54, 1.807) is 4.90 Å². The van der Waals surface area contributed by atoms with Gasteiger partial charge in [0, 0.05) is 17.5 Å². The van der Waals surface area contributed by atoms with Crippen molar-refractivity contribution in [3.63, 3.8) is 0 Å². The molecule has 1 fully saturated rings. The van der Waals surface area contributed by atoms with Gasteiger partial charge in [0.2, 0.25) is 5.91 Å². The van der Waals surface area contributed by atoms with Crippen LogP contribution < -0.4 is 5.32 Å². The molecule has 0 radical (unpaired) electrons. The number of nitrogens with one attached hydrogen (secondary N) is 1. The van der Waals surface area contributed by atoms with Crippen molar-refractivity contribution in [1.82, 2.24) is 9.88 Å². The van der Waals surface area contributed by atoms with Gasteiger partial charge in [-0.3, -0.25) is 4.79 Å². The zero-order valence-electron chi connectivity index (χ0n) is 11.8. The van der Waals surface area contributed by atoms with Crippen LogP contribution in [0.5, 0.6) is 0 Å². The van der Waals surface area contributed by atoms with Gasteiger partial charge < -0.3 is 15.3 Å². The molecule has 2 aromatic rings. The molecule has 0 aliphatic carbocycles. The molecule has 2 N–H and O–H groups in total. The zero-order chi connectivity index (χ0) is 15.6. The van der Waals surface area contributed by atoms with Gasteiger partial charge in [0.25, 0.3) is 0 Å². The molecule has 7 heteroatoms. The van der Waals surface area contributed by atoms with E-state index in [1.807, 2.05) is 35.7 Å². The van der Waals surface area contributed by atoms with E-state index in [1.165, 1.54) is 11.3 Å². The first-order valence-electron chi connectivity index (χ1n) is 6.91. The number of carbonyl (C=O) groups excluding carboxylic acids is 1. The molecule has 2 heterocycles. The quantitative estimate of drug-likeness (QED) is 0.819. The highest BCUT2D eigenvalue weighted by Crippen LogP contribution is 2.26. The van der Waals surface area contributed by atoms with Crippen LogP contribution in [0.25, 0.3) is 11.3 Å². The van der Waals surface area contributed by atoms with Gasteiger partial charge in [-0.1, -0.05) is 30.3 Å². The maximum absolute atomic E-state index is 11.4. The third-order valence-corrected chi connectivity index (χ3v) is 4.61. The Morgan fingerprint density at radius 2 is 2.14 bits per heavy atom. The number of hydrogen-bond donors (Lipinski definition) is 2. The number of alkyl halides is 1. The third-order valence-electron chi connectivity index (χ3n) is 3.58. The van der Waals surface area contributed by atoms with Crippen molar-refractivity contribution < 1.29 is 9.90 Å². The van der Waals surface area contributed by atoms with E-state index in [9.17, 15) is 9.90 Å². The van der Waals surface area contributed by atoms with Gasteiger partial charge in [-0.05, 0) is 0 Å². The minimum Gasteiger partial charge on any atom is -0.384 e. The summed E-state index contributed by atoms with van der Waals surface area (Å²) in [5, 5.41) is 16.2. The predicted octanol–water partition coefficient (Wildman–Crippen LogP) is 2.03. The minimum atomic E-state index is -0.902. The normalized spacial score (nSPS) is 16.2. The average molecular weight is 338 g/mol. The van der Waals surface area contributed by atoms with Crippen molar-refractivity contribution in [3.05, 3.63) is 35.7 Å². The van der Waals surface area contributed by atoms with Crippen molar-refractivity contribution in [1.29, 1.82) is 0 Å². The third kappa shape index (κ3) is 3.24. The molecule has 3 rings (SSSR count). The second-order valence-electron chi connectivity index (χ2n) is 5.37. The molecular weight excluding hydrogens is 322 g/mol. The number of anilines is 1. The number of thiazole rings is 1. The van der Waals surface area contributed by atoms with Crippen molar-refractivity contribution >= 4 is 34.0 Å². The van der Waals surface area contributed by atoms with Gasteiger partial charge >= 0.3 is 0 Å². The smallest absolute Gasteiger partial charge is 0.237 e. The van der Waals surface area contributed by atoms with Crippen LogP contribution in [0.15, 0.2) is 35.7 Å². The van der Waals surface area contributed by atoms with Gasteiger partial charge in [-0.25, -0.2) is 4.98 Å². The van der Waals surface area contributed by atoms with Gasteiger partial charge in [-0.2, -0.15) is 0 Å². The molecule has 1 aliphatic heterocycles. The van der Waals surface area contributed by atoms with Crippen molar-refractivity contribution in [2.24, 2.45) is 0 Å². The minimum absolute atomic E-state index is 0.0452. The van der Waals surface area contributed by atoms with Gasteiger partial charge in [0.15, 0.2) is 5.13 Å². The van der Waals surface area contributed by atoms with Gasteiger partial charge in [0.05, 0.1) is 18.8 Å². The first kappa shape index (κ1) is 15.3. The summed E-state index contributed by atoms with van der Waals surface area (Å²) in [4.78, 5) is 17.4. The molecule has 0 saturated carbocycles. The number of aromatic nitrogens is 1. The number of rotatable bonds is 5. The van der Waals surface area contributed by atoms with E-state index in [-0.39, 0.29) is 11.8 Å². The van der Waals surface area contributed by atoms with Crippen LogP contribution in [0.2, 0.25) is 0 Å². The molecule has 1 aromatic heterocycles. The Labute approximate surface area is 137 Å². The van der Waals surface area contributed by atoms with E-state index < -0.39 is 5.60 Å². The molecular formula is C15H16ClN3O2S. The van der Waals surface area contributed by atoms with Crippen LogP contribution in [0.1, 0.15) is 0 Å². The first-order chi connectivity index (χ1) is 10.6. The van der Waals surface area contributed by atoms with Crippen LogP contribution in [-0.2, 0) is 4.79 Å². The second-order valence-corrected chi connectivity index (χ2v) is 6.49. The number of hydrogen-bond acceptors (Lipinski definition) is 5. The second kappa shape index (κ2) is 6.24. The Morgan fingerprint density at radius 1 is 1.41 bits per heavy atom. The van der Waals surface area contributed by atoms with Crippen LogP contribution in [0.4, 0.5) is 5.13 Å². The molecule has 1 aliphatic rings. The summed E-state index contributed by atoms with van der Waals surface area (Å²) in [5.41, 5.74) is 1.07. The lowest BCUT2D eigenvalue weighted by Crippen LogP contribution is -2.66. The molecule has 0 bridgehead atoms. The fourth-order valence-corrected chi connectivity index (χ4v) is 3.26. The summed E-state index contributed by atoms with van der Waals surface area (Å²) in [6.45, 7) is 0.978. The lowest BCUT2D eigenvalue weighted by molar-refractivity contribution is -0.150. The summed E-state index contributed by atoms with van der Waals surface area (Å²) >= 11 is 6.99. The lowest BCUT2D eigenvalue weighted by atomic mass is 9.94. The molecule has 5 nitrogen and oxygen atoms in total. The highest BCUT2D eigenvalue weighted by molar-refractivity contribution is 7.14. The van der Waals surface area contributed by atoms with Crippen LogP contribution in [0.3, 0.4) is 0 Å². The summed E-state index contributed by atoms with van der Waals surface area (Å²) in [5.74, 6) is -0.192. The molecule has 1 aromatic carbocycles. The number of halogens is 1. The SMILES string of the molecule is O=C(CCl)N1CC(O)(CNc2nc(-c3ccccc3)cs2)C1. The Kier molecular flexibility index (Phi) is 4.33. The Hall–Kier alpha value is -1.63. The van der Waals surface area contributed by atoms with Crippen LogP contribution in [0, 0.1) is 0 Å². The fourth-order valence-electron chi connectivity index (χ4n) is 2.37. The maximum atomic E-state index is 11.4. The highest BCUT2D eigenvalue weighted by atomic mass is 35.5. The van der Waals surface area contributed by atoms with Crippen LogP contribution in [-0.4, -0.2) is 52.0 Å². The zero-order valence-corrected chi connectivity index (χ0v) is 13.4. The fraction of sp³-hybridized carbons (Fsp3) is 0.333. The molecule has 1 saturated heterocycles. The monoisotopic (exact) mass is 337 g/mol. The molecule has 116 valence electrons. The van der Waals surface area contributed by atoms with Gasteiger partial charge in [0.1, 0.15) is 11.5 Å². The summed E-state index contributed by atoms with van der Waals surface area (Å²) in [6, 6.07) is 9.93. The number of benzene rings is 1. The number of aliphatic hydroxyl groups is 1. The van der Waals surface area contributed by atoms with Crippen LogP contribution >= 0.6 is 22.9 Å². The Balaban J connectivity index is 1.55. The molecule has 22 heavy (non-hydrogen) atoms. The first-order valence-corrected chi connectivity index (χ1v) is 8.32. The number of likely N-dealkylation sites (tertiary alicyclic amines) is 1. The van der Waals surface area contributed by atoms with Crippen molar-refractivity contribution in [2.75, 3.05) is 30.8 Å². The molecule has 0 unspecified atom stereocenters. The maximum Gasteiger partial charge on any atom is 0.237 e. The number of amides is 1. The largest absolute Gasteiger partial charge is 0.384 e. The summed E-state index contributed by atoms with van der Waals surface area (Å²) < 4.78 is 0. The lowest BCUT2D eigenvalue weighted by Gasteiger charge is -2.46. The summed E-state index contributed by atoms with van der Waals surface area (Å²) in [7, 11) is 0. The average Bonchev–Trinajstić information content (AvgIpc) is 2.99. The standard InChI is InChI=1S/C15H16ClN3O2S/c16-6-13(20)19-9-15(21,10-19)8-17-14-18-12(7-22-14)11-4-2-1-3-5-11/h1-5,7,21H,6,8-10H2,(H,17,18).